The van der Waals surface area contributed by atoms with E-state index in [1.807, 2.05) is 35.2 Å². The first kappa shape index (κ1) is 23.3. The number of aryl methyl sites for hydroxylation is 1. The van der Waals surface area contributed by atoms with Crippen LogP contribution in [-0.4, -0.2) is 36.1 Å². The summed E-state index contributed by atoms with van der Waals surface area (Å²) in [4.78, 5) is 37.9. The van der Waals surface area contributed by atoms with Crippen molar-refractivity contribution in [2.45, 2.75) is 59.1 Å². The summed E-state index contributed by atoms with van der Waals surface area (Å²) in [5.74, 6) is -0.291. The highest BCUT2D eigenvalue weighted by atomic mass is 16.6. The van der Waals surface area contributed by atoms with Gasteiger partial charge < -0.3 is 20.3 Å². The first-order valence-electron chi connectivity index (χ1n) is 10.8. The summed E-state index contributed by atoms with van der Waals surface area (Å²) in [6.45, 7) is 8.77. The Balaban J connectivity index is 1.69. The van der Waals surface area contributed by atoms with Crippen molar-refractivity contribution in [2.75, 3.05) is 16.8 Å². The van der Waals surface area contributed by atoms with Crippen LogP contribution in [0.25, 0.3) is 11.1 Å². The smallest absolute Gasteiger partial charge is 0.408 e. The topological polar surface area (TPSA) is 87.7 Å². The molecule has 0 unspecified atom stereocenters. The van der Waals surface area contributed by atoms with Gasteiger partial charge >= 0.3 is 6.09 Å². The summed E-state index contributed by atoms with van der Waals surface area (Å²) in [6.07, 6.45) is 1.21. The number of carbonyl (C=O) groups excluding carboxylic acids is 3. The van der Waals surface area contributed by atoms with Crippen molar-refractivity contribution in [1.29, 1.82) is 0 Å². The van der Waals surface area contributed by atoms with Gasteiger partial charge in [0.15, 0.2) is 0 Å². The molecule has 1 aliphatic rings. The van der Waals surface area contributed by atoms with Crippen molar-refractivity contribution in [2.24, 2.45) is 0 Å². The van der Waals surface area contributed by atoms with Gasteiger partial charge in [0.25, 0.3) is 0 Å². The summed E-state index contributed by atoms with van der Waals surface area (Å²) in [5, 5.41) is 5.25. The van der Waals surface area contributed by atoms with Gasteiger partial charge in [-0.15, -0.1) is 0 Å². The van der Waals surface area contributed by atoms with Gasteiger partial charge in [0, 0.05) is 24.3 Å². The van der Waals surface area contributed by atoms with Crippen LogP contribution in [0.2, 0.25) is 0 Å². The average molecular weight is 438 g/mol. The number of amides is 3. The number of alkyl carbamates (subject to hydrolysis) is 1. The van der Waals surface area contributed by atoms with Gasteiger partial charge in [0.1, 0.15) is 12.1 Å². The van der Waals surface area contributed by atoms with Crippen molar-refractivity contribution >= 4 is 29.3 Å². The van der Waals surface area contributed by atoms with Crippen molar-refractivity contribution in [3.8, 4) is 11.1 Å². The Morgan fingerprint density at radius 3 is 2.50 bits per heavy atom. The number of hydrogen-bond acceptors (Lipinski definition) is 4. The third-order valence-electron chi connectivity index (χ3n) is 5.22. The maximum absolute atomic E-state index is 12.2. The van der Waals surface area contributed by atoms with Crippen LogP contribution >= 0.6 is 0 Å². The van der Waals surface area contributed by atoms with E-state index in [2.05, 4.69) is 23.6 Å². The minimum Gasteiger partial charge on any atom is -0.444 e. The predicted octanol–water partition coefficient (Wildman–Crippen LogP) is 4.50. The Morgan fingerprint density at radius 2 is 1.81 bits per heavy atom. The number of nitrogens with zero attached hydrogens (tertiary/aromatic N) is 1. The zero-order valence-electron chi connectivity index (χ0n) is 19.3. The molecule has 0 radical (unpaired) electrons. The van der Waals surface area contributed by atoms with Crippen molar-refractivity contribution in [3.05, 3.63) is 48.0 Å². The number of ether oxygens (including phenoxy) is 1. The number of hydrogen-bond donors (Lipinski definition) is 2. The molecule has 2 N–H and O–H groups in total. The average Bonchev–Trinajstić information content (AvgIpc) is 2.70. The molecule has 32 heavy (non-hydrogen) atoms. The van der Waals surface area contributed by atoms with Gasteiger partial charge in [-0.1, -0.05) is 18.2 Å². The molecule has 0 bridgehead atoms. The van der Waals surface area contributed by atoms with E-state index >= 15 is 0 Å². The summed E-state index contributed by atoms with van der Waals surface area (Å²) in [6, 6.07) is 13.8. The maximum atomic E-state index is 12.2. The molecule has 0 aromatic heterocycles. The van der Waals surface area contributed by atoms with Crippen LogP contribution < -0.4 is 15.5 Å². The summed E-state index contributed by atoms with van der Waals surface area (Å²) >= 11 is 0. The zero-order valence-corrected chi connectivity index (χ0v) is 19.3. The first-order valence-corrected chi connectivity index (χ1v) is 10.8. The monoisotopic (exact) mass is 437 g/mol. The largest absolute Gasteiger partial charge is 0.444 e. The Bertz CT molecular complexity index is 1030. The van der Waals surface area contributed by atoms with E-state index in [0.717, 1.165) is 35.2 Å². The van der Waals surface area contributed by atoms with Gasteiger partial charge in [-0.3, -0.25) is 9.59 Å². The molecule has 1 heterocycles. The lowest BCUT2D eigenvalue weighted by Crippen LogP contribution is -2.40. The van der Waals surface area contributed by atoms with Gasteiger partial charge in [0.2, 0.25) is 11.8 Å². The lowest BCUT2D eigenvalue weighted by atomic mass is 9.93. The van der Waals surface area contributed by atoms with Crippen molar-refractivity contribution in [1.82, 2.24) is 5.32 Å². The molecule has 1 aliphatic heterocycles. The fraction of sp³-hybridized carbons (Fsp3) is 0.400. The molecule has 3 amide bonds. The van der Waals surface area contributed by atoms with Crippen LogP contribution in [0.5, 0.6) is 0 Å². The van der Waals surface area contributed by atoms with Crippen LogP contribution in [0.4, 0.5) is 16.2 Å². The van der Waals surface area contributed by atoms with Crippen LogP contribution in [0.1, 0.15) is 46.6 Å². The highest BCUT2D eigenvalue weighted by Crippen LogP contribution is 2.34. The molecule has 7 nitrogen and oxygen atoms in total. The molecule has 0 saturated carbocycles. The fourth-order valence-corrected chi connectivity index (χ4v) is 3.86. The standard InChI is InChI=1S/C25H31N3O4/c1-16-9-10-20-13-19(11-12-22(20)28(16)17(2)29)18-7-6-8-21(14-18)27-23(30)15-26-24(31)32-25(3,4)5/h6-8,11-14,16H,9-10,15H2,1-5H3,(H,26,31)(H,27,30)/t16-/m0/s1. The summed E-state index contributed by atoms with van der Waals surface area (Å²) in [7, 11) is 0. The molecule has 2 aromatic rings. The quantitative estimate of drug-likeness (QED) is 0.737. The molecule has 7 heteroatoms. The zero-order chi connectivity index (χ0) is 23.5. The second-order valence-corrected chi connectivity index (χ2v) is 9.10. The summed E-state index contributed by atoms with van der Waals surface area (Å²) < 4.78 is 5.14. The number of anilines is 2. The Morgan fingerprint density at radius 1 is 1.09 bits per heavy atom. The van der Waals surface area contributed by atoms with E-state index in [4.69, 9.17) is 4.74 Å². The maximum Gasteiger partial charge on any atom is 0.408 e. The van der Waals surface area contributed by atoms with Gasteiger partial charge in [0.05, 0.1) is 0 Å². The third kappa shape index (κ3) is 5.87. The highest BCUT2D eigenvalue weighted by Gasteiger charge is 2.26. The number of carbonyl (C=O) groups is 3. The van der Waals surface area contributed by atoms with Gasteiger partial charge in [-0.2, -0.15) is 0 Å². The van der Waals surface area contributed by atoms with Crippen LogP contribution in [0.15, 0.2) is 42.5 Å². The molecule has 3 rings (SSSR count). The first-order chi connectivity index (χ1) is 15.0. The number of benzene rings is 2. The molecular weight excluding hydrogens is 406 g/mol. The normalized spacial score (nSPS) is 15.5. The minimum absolute atomic E-state index is 0.0518. The predicted molar refractivity (Wildman–Crippen MR) is 126 cm³/mol. The molecule has 170 valence electrons. The molecule has 2 aromatic carbocycles. The van der Waals surface area contributed by atoms with Crippen LogP contribution in [0.3, 0.4) is 0 Å². The third-order valence-corrected chi connectivity index (χ3v) is 5.22. The number of fused-ring (bicyclic) bond motifs is 1. The Labute approximate surface area is 189 Å². The minimum atomic E-state index is -0.635. The lowest BCUT2D eigenvalue weighted by molar-refractivity contribution is -0.117. The van der Waals surface area contributed by atoms with E-state index in [0.29, 0.717) is 5.69 Å². The molecule has 0 fully saturated rings. The van der Waals surface area contributed by atoms with E-state index < -0.39 is 11.7 Å². The lowest BCUT2D eigenvalue weighted by Gasteiger charge is -2.34. The van der Waals surface area contributed by atoms with E-state index in [9.17, 15) is 14.4 Å². The molecule has 0 aliphatic carbocycles. The molecule has 0 saturated heterocycles. The fourth-order valence-electron chi connectivity index (χ4n) is 3.86. The SMILES string of the molecule is CC(=O)N1c2ccc(-c3cccc(NC(=O)CNC(=O)OC(C)(C)C)c3)cc2CC[C@@H]1C. The molecular formula is C25H31N3O4. The second kappa shape index (κ2) is 9.42. The van der Waals surface area contributed by atoms with Crippen molar-refractivity contribution < 1.29 is 19.1 Å². The number of rotatable bonds is 4. The van der Waals surface area contributed by atoms with Crippen molar-refractivity contribution in [3.63, 3.8) is 0 Å². The van der Waals surface area contributed by atoms with Gasteiger partial charge in [-0.05, 0) is 81.5 Å². The van der Waals surface area contributed by atoms with E-state index in [-0.39, 0.29) is 24.4 Å². The van der Waals surface area contributed by atoms with Crippen LogP contribution in [0, 0.1) is 0 Å². The molecule has 0 spiro atoms. The van der Waals surface area contributed by atoms with Crippen LogP contribution in [-0.2, 0) is 20.7 Å². The molecule has 1 atom stereocenters. The highest BCUT2D eigenvalue weighted by molar-refractivity contribution is 5.95. The number of nitrogens with one attached hydrogen (secondary N) is 2. The Kier molecular flexibility index (Phi) is 6.87. The van der Waals surface area contributed by atoms with E-state index in [1.165, 1.54) is 0 Å². The second-order valence-electron chi connectivity index (χ2n) is 9.10. The van der Waals surface area contributed by atoms with E-state index in [1.54, 1.807) is 33.8 Å². The van der Waals surface area contributed by atoms with Gasteiger partial charge in [-0.25, -0.2) is 4.79 Å². The summed E-state index contributed by atoms with van der Waals surface area (Å²) in [5.41, 5.74) is 4.10. The Hall–Kier alpha value is -3.35.